The Kier molecular flexibility index (Phi) is 3.02. The molecule has 0 aromatic carbocycles. The van der Waals surface area contributed by atoms with E-state index in [0.29, 0.717) is 6.54 Å². The minimum absolute atomic E-state index is 0.475. The van der Waals surface area contributed by atoms with Crippen molar-refractivity contribution < 1.29 is 0 Å². The van der Waals surface area contributed by atoms with Gasteiger partial charge in [0, 0.05) is 11.8 Å². The zero-order valence-electron chi connectivity index (χ0n) is 7.87. The van der Waals surface area contributed by atoms with Gasteiger partial charge in [-0.2, -0.15) is 5.26 Å². The molecule has 2 N–H and O–H groups in total. The number of rotatable bonds is 3. The molecule has 0 radical (unpaired) electrons. The lowest BCUT2D eigenvalue weighted by molar-refractivity contribution is 0.675. The number of aromatic nitrogens is 1. The summed E-state index contributed by atoms with van der Waals surface area (Å²) in [6.45, 7) is 4.35. The van der Waals surface area contributed by atoms with E-state index in [1.807, 2.05) is 19.2 Å². The highest BCUT2D eigenvalue weighted by Crippen LogP contribution is 2.25. The Morgan fingerprint density at radius 2 is 2.38 bits per heavy atom. The maximum Gasteiger partial charge on any atom is 0.113 e. The fourth-order valence-corrected chi connectivity index (χ4v) is 1.83. The van der Waals surface area contributed by atoms with Gasteiger partial charge in [-0.15, -0.1) is 11.3 Å². The lowest BCUT2D eigenvalue weighted by Crippen LogP contribution is -2.13. The number of hydrogen-bond donors (Lipinski definition) is 1. The van der Waals surface area contributed by atoms with Crippen LogP contribution in [0, 0.1) is 11.3 Å². The zero-order chi connectivity index (χ0) is 9.90. The average Bonchev–Trinajstić information content (AvgIpc) is 2.54. The van der Waals surface area contributed by atoms with Crippen molar-refractivity contribution in [3.63, 3.8) is 0 Å². The van der Waals surface area contributed by atoms with Crippen molar-refractivity contribution in [3.8, 4) is 6.07 Å². The third-order valence-electron chi connectivity index (χ3n) is 1.77. The average molecular weight is 195 g/mol. The second kappa shape index (κ2) is 3.86. The first kappa shape index (κ1) is 10.2. The van der Waals surface area contributed by atoms with Gasteiger partial charge in [0.05, 0.1) is 11.8 Å². The van der Waals surface area contributed by atoms with Crippen LogP contribution in [0.1, 0.15) is 24.5 Å². The minimum Gasteiger partial charge on any atom is -0.330 e. The van der Waals surface area contributed by atoms with Gasteiger partial charge in [0.1, 0.15) is 10.4 Å². The standard InChI is InChI=1S/C9H13N3S/c1-9(2,6-11)8-12-7(3-4-10)5-13-8/h5H,3-4,10H2,1-2H3. The zero-order valence-corrected chi connectivity index (χ0v) is 8.69. The van der Waals surface area contributed by atoms with E-state index in [0.717, 1.165) is 17.1 Å². The van der Waals surface area contributed by atoms with E-state index in [-0.39, 0.29) is 0 Å². The van der Waals surface area contributed by atoms with Gasteiger partial charge in [0.25, 0.3) is 0 Å². The molecule has 0 amide bonds. The van der Waals surface area contributed by atoms with Crippen molar-refractivity contribution in [2.75, 3.05) is 6.54 Å². The van der Waals surface area contributed by atoms with Crippen LogP contribution in [0.4, 0.5) is 0 Å². The molecule has 0 fully saturated rings. The third kappa shape index (κ3) is 2.27. The molecule has 3 nitrogen and oxygen atoms in total. The smallest absolute Gasteiger partial charge is 0.113 e. The quantitative estimate of drug-likeness (QED) is 0.794. The molecule has 1 rings (SSSR count). The van der Waals surface area contributed by atoms with Crippen LogP contribution in [-0.4, -0.2) is 11.5 Å². The fourth-order valence-electron chi connectivity index (χ4n) is 0.905. The molecule has 0 aliphatic carbocycles. The van der Waals surface area contributed by atoms with Crippen LogP contribution in [0.2, 0.25) is 0 Å². The first-order chi connectivity index (χ1) is 6.10. The van der Waals surface area contributed by atoms with Crippen LogP contribution < -0.4 is 5.73 Å². The van der Waals surface area contributed by atoms with Crippen LogP contribution in [0.15, 0.2) is 5.38 Å². The van der Waals surface area contributed by atoms with E-state index in [9.17, 15) is 0 Å². The highest BCUT2D eigenvalue weighted by molar-refractivity contribution is 7.09. The maximum atomic E-state index is 8.88. The van der Waals surface area contributed by atoms with Crippen LogP contribution in [-0.2, 0) is 11.8 Å². The molecule has 1 aromatic heterocycles. The van der Waals surface area contributed by atoms with E-state index in [4.69, 9.17) is 11.0 Å². The van der Waals surface area contributed by atoms with Crippen molar-refractivity contribution >= 4 is 11.3 Å². The van der Waals surface area contributed by atoms with Gasteiger partial charge in [-0.05, 0) is 20.4 Å². The largest absolute Gasteiger partial charge is 0.330 e. The number of hydrogen-bond acceptors (Lipinski definition) is 4. The van der Waals surface area contributed by atoms with Gasteiger partial charge in [0.15, 0.2) is 0 Å². The predicted molar refractivity (Wildman–Crippen MR) is 53.5 cm³/mol. The van der Waals surface area contributed by atoms with E-state index in [2.05, 4.69) is 11.1 Å². The highest BCUT2D eigenvalue weighted by atomic mass is 32.1. The molecule has 0 unspecified atom stereocenters. The molecule has 4 heteroatoms. The summed E-state index contributed by atoms with van der Waals surface area (Å²) in [4.78, 5) is 4.36. The number of thiazole rings is 1. The van der Waals surface area contributed by atoms with Crippen molar-refractivity contribution in [2.45, 2.75) is 25.7 Å². The summed E-state index contributed by atoms with van der Waals surface area (Å²) in [5.74, 6) is 0. The summed E-state index contributed by atoms with van der Waals surface area (Å²) in [5, 5.41) is 11.7. The predicted octanol–water partition coefficient (Wildman–Crippen LogP) is 1.45. The maximum absolute atomic E-state index is 8.88. The van der Waals surface area contributed by atoms with Gasteiger partial charge in [-0.25, -0.2) is 4.98 Å². The van der Waals surface area contributed by atoms with Crippen molar-refractivity contribution in [2.24, 2.45) is 5.73 Å². The molecule has 1 heterocycles. The van der Waals surface area contributed by atoms with Crippen LogP contribution >= 0.6 is 11.3 Å². The minimum atomic E-state index is -0.475. The molecule has 0 saturated carbocycles. The van der Waals surface area contributed by atoms with E-state index in [1.54, 1.807) is 0 Å². The van der Waals surface area contributed by atoms with Gasteiger partial charge in [-0.1, -0.05) is 0 Å². The third-order valence-corrected chi connectivity index (χ3v) is 2.98. The van der Waals surface area contributed by atoms with Crippen LogP contribution in [0.25, 0.3) is 0 Å². The molecular formula is C9H13N3S. The summed E-state index contributed by atoms with van der Waals surface area (Å²) in [5.41, 5.74) is 5.93. The molecule has 13 heavy (non-hydrogen) atoms. The Hall–Kier alpha value is -0.920. The number of nitriles is 1. The fraction of sp³-hybridized carbons (Fsp3) is 0.556. The van der Waals surface area contributed by atoms with Gasteiger partial charge >= 0.3 is 0 Å². The first-order valence-corrected chi connectivity index (χ1v) is 5.04. The molecule has 0 bridgehead atoms. The first-order valence-electron chi connectivity index (χ1n) is 4.16. The van der Waals surface area contributed by atoms with E-state index >= 15 is 0 Å². The number of nitrogens with zero attached hydrogens (tertiary/aromatic N) is 2. The molecule has 0 atom stereocenters. The lowest BCUT2D eigenvalue weighted by Gasteiger charge is -2.09. The van der Waals surface area contributed by atoms with Crippen LogP contribution in [0.5, 0.6) is 0 Å². The SMILES string of the molecule is CC(C)(C#N)c1nc(CCN)cs1. The van der Waals surface area contributed by atoms with Gasteiger partial charge in [-0.3, -0.25) is 0 Å². The van der Waals surface area contributed by atoms with E-state index < -0.39 is 5.41 Å². The summed E-state index contributed by atoms with van der Waals surface area (Å²) in [6.07, 6.45) is 0.790. The second-order valence-corrected chi connectivity index (χ2v) is 4.28. The molecule has 0 aliphatic rings. The molecule has 1 aromatic rings. The Labute approximate surface area is 82.2 Å². The normalized spacial score (nSPS) is 11.2. The van der Waals surface area contributed by atoms with Crippen molar-refractivity contribution in [3.05, 3.63) is 16.1 Å². The number of nitrogens with two attached hydrogens (primary N) is 1. The van der Waals surface area contributed by atoms with E-state index in [1.165, 1.54) is 11.3 Å². The summed E-state index contributed by atoms with van der Waals surface area (Å²) in [7, 11) is 0. The summed E-state index contributed by atoms with van der Waals surface area (Å²) < 4.78 is 0. The molecule has 0 saturated heterocycles. The lowest BCUT2D eigenvalue weighted by atomic mass is 9.97. The molecule has 70 valence electrons. The Balaban J connectivity index is 2.87. The van der Waals surface area contributed by atoms with Crippen LogP contribution in [0.3, 0.4) is 0 Å². The highest BCUT2D eigenvalue weighted by Gasteiger charge is 2.23. The van der Waals surface area contributed by atoms with Gasteiger partial charge in [0.2, 0.25) is 0 Å². The van der Waals surface area contributed by atoms with Crippen molar-refractivity contribution in [1.82, 2.24) is 4.98 Å². The molecule has 0 spiro atoms. The molecular weight excluding hydrogens is 182 g/mol. The topological polar surface area (TPSA) is 62.7 Å². The van der Waals surface area contributed by atoms with Gasteiger partial charge < -0.3 is 5.73 Å². The monoisotopic (exact) mass is 195 g/mol. The Morgan fingerprint density at radius 1 is 1.69 bits per heavy atom. The molecule has 0 aliphatic heterocycles. The summed E-state index contributed by atoms with van der Waals surface area (Å²) >= 11 is 1.53. The van der Waals surface area contributed by atoms with Crippen molar-refractivity contribution in [1.29, 1.82) is 5.26 Å². The Bertz CT molecular complexity index is 322. The summed E-state index contributed by atoms with van der Waals surface area (Å²) in [6, 6.07) is 2.23. The second-order valence-electron chi connectivity index (χ2n) is 3.42. The Morgan fingerprint density at radius 3 is 2.92 bits per heavy atom.